The van der Waals surface area contributed by atoms with Crippen LogP contribution in [0.3, 0.4) is 0 Å². The van der Waals surface area contributed by atoms with Crippen LogP contribution in [0.2, 0.25) is 5.02 Å². The molecule has 2 aromatic carbocycles. The zero-order valence-electron chi connectivity index (χ0n) is 16.2. The van der Waals surface area contributed by atoms with Gasteiger partial charge in [0, 0.05) is 5.02 Å². The van der Waals surface area contributed by atoms with E-state index in [2.05, 4.69) is 13.8 Å². The van der Waals surface area contributed by atoms with Gasteiger partial charge in [-0.2, -0.15) is 8.42 Å². The Hall–Kier alpha value is -1.52. The van der Waals surface area contributed by atoms with Crippen molar-refractivity contribution in [3.63, 3.8) is 0 Å². The Morgan fingerprint density at radius 1 is 0.808 bits per heavy atom. The second kappa shape index (κ2) is 8.01. The SMILES string of the molecule is CC(C)c1cc(C(C)C)c(S(=O)(=O)Oc2ccc(Cl)cc2)c(C(C)C)c1. The highest BCUT2D eigenvalue weighted by Crippen LogP contribution is 2.36. The molecule has 0 fully saturated rings. The summed E-state index contributed by atoms with van der Waals surface area (Å²) in [5.41, 5.74) is 2.74. The maximum atomic E-state index is 13.2. The van der Waals surface area contributed by atoms with Crippen molar-refractivity contribution >= 4 is 21.7 Å². The molecule has 0 atom stereocenters. The third-order valence-corrected chi connectivity index (χ3v) is 5.98. The molecule has 0 aromatic heterocycles. The van der Waals surface area contributed by atoms with Crippen molar-refractivity contribution in [2.75, 3.05) is 0 Å². The highest BCUT2D eigenvalue weighted by atomic mass is 35.5. The molecular formula is C21H27ClO3S. The average Bonchev–Trinajstić information content (AvgIpc) is 2.55. The van der Waals surface area contributed by atoms with Gasteiger partial charge in [-0.05, 0) is 58.7 Å². The first-order chi connectivity index (χ1) is 12.0. The fourth-order valence-corrected chi connectivity index (χ4v) is 4.58. The molecule has 0 aliphatic heterocycles. The minimum absolute atomic E-state index is 0.0600. The van der Waals surface area contributed by atoms with Gasteiger partial charge in [0.1, 0.15) is 10.6 Å². The van der Waals surface area contributed by atoms with Crippen molar-refractivity contribution in [1.29, 1.82) is 0 Å². The third-order valence-electron chi connectivity index (χ3n) is 4.35. The molecule has 0 saturated carbocycles. The van der Waals surface area contributed by atoms with Crippen molar-refractivity contribution in [1.82, 2.24) is 0 Å². The fraction of sp³-hybridized carbons (Fsp3) is 0.429. The van der Waals surface area contributed by atoms with E-state index in [9.17, 15) is 8.42 Å². The van der Waals surface area contributed by atoms with Crippen LogP contribution >= 0.6 is 11.6 Å². The normalized spacial score (nSPS) is 12.2. The molecule has 0 N–H and O–H groups in total. The number of benzene rings is 2. The maximum absolute atomic E-state index is 13.2. The number of halogens is 1. The van der Waals surface area contributed by atoms with E-state index < -0.39 is 10.1 Å². The second-order valence-electron chi connectivity index (χ2n) is 7.48. The molecule has 3 nitrogen and oxygen atoms in total. The van der Waals surface area contributed by atoms with Gasteiger partial charge >= 0.3 is 10.1 Å². The van der Waals surface area contributed by atoms with Crippen molar-refractivity contribution in [3.05, 3.63) is 58.1 Å². The highest BCUT2D eigenvalue weighted by molar-refractivity contribution is 7.87. The number of rotatable bonds is 6. The van der Waals surface area contributed by atoms with E-state index in [1.165, 1.54) is 0 Å². The van der Waals surface area contributed by atoms with E-state index in [-0.39, 0.29) is 17.6 Å². The molecule has 0 aliphatic rings. The Morgan fingerprint density at radius 2 is 1.27 bits per heavy atom. The molecule has 0 heterocycles. The Morgan fingerprint density at radius 3 is 1.65 bits per heavy atom. The molecule has 142 valence electrons. The van der Waals surface area contributed by atoms with Crippen LogP contribution in [0.5, 0.6) is 5.75 Å². The van der Waals surface area contributed by atoms with Crippen LogP contribution in [0.25, 0.3) is 0 Å². The van der Waals surface area contributed by atoms with E-state index in [0.29, 0.717) is 15.8 Å². The molecule has 2 aromatic rings. The van der Waals surface area contributed by atoms with Crippen LogP contribution in [0.4, 0.5) is 0 Å². The molecule has 0 spiro atoms. The van der Waals surface area contributed by atoms with Gasteiger partial charge < -0.3 is 4.18 Å². The van der Waals surface area contributed by atoms with E-state index in [0.717, 1.165) is 16.7 Å². The van der Waals surface area contributed by atoms with Crippen molar-refractivity contribution < 1.29 is 12.6 Å². The monoisotopic (exact) mass is 394 g/mol. The summed E-state index contributed by atoms with van der Waals surface area (Å²) < 4.78 is 31.8. The summed E-state index contributed by atoms with van der Waals surface area (Å²) in [7, 11) is -3.96. The molecule has 5 heteroatoms. The molecule has 2 rings (SSSR count). The molecule has 0 saturated heterocycles. The lowest BCUT2D eigenvalue weighted by molar-refractivity contribution is 0.482. The molecule has 0 radical (unpaired) electrons. The lowest BCUT2D eigenvalue weighted by atomic mass is 9.89. The van der Waals surface area contributed by atoms with Gasteiger partial charge in [-0.1, -0.05) is 65.3 Å². The standard InChI is InChI=1S/C21H27ClO3S/c1-13(2)16-11-19(14(3)4)21(20(12-16)15(5)6)26(23,24)25-18-9-7-17(22)8-10-18/h7-15H,1-6H3. The van der Waals surface area contributed by atoms with Gasteiger partial charge in [-0.15, -0.1) is 0 Å². The van der Waals surface area contributed by atoms with Gasteiger partial charge in [0.25, 0.3) is 0 Å². The predicted octanol–water partition coefficient (Wildman–Crippen LogP) is 6.48. The van der Waals surface area contributed by atoms with Crippen LogP contribution in [0.15, 0.2) is 41.3 Å². The van der Waals surface area contributed by atoms with Gasteiger partial charge in [0.2, 0.25) is 0 Å². The quantitative estimate of drug-likeness (QED) is 0.526. The highest BCUT2D eigenvalue weighted by Gasteiger charge is 2.28. The molecule has 0 amide bonds. The lowest BCUT2D eigenvalue weighted by Gasteiger charge is -2.22. The minimum atomic E-state index is -3.96. The summed E-state index contributed by atoms with van der Waals surface area (Å²) >= 11 is 5.88. The Balaban J connectivity index is 2.66. The summed E-state index contributed by atoms with van der Waals surface area (Å²) in [5, 5.41) is 0.529. The number of hydrogen-bond donors (Lipinski definition) is 0. The van der Waals surface area contributed by atoms with Crippen molar-refractivity contribution in [2.24, 2.45) is 0 Å². The molecule has 0 bridgehead atoms. The Bertz CT molecular complexity index is 838. The van der Waals surface area contributed by atoms with E-state index in [4.69, 9.17) is 15.8 Å². The molecule has 26 heavy (non-hydrogen) atoms. The first-order valence-electron chi connectivity index (χ1n) is 8.90. The van der Waals surface area contributed by atoms with Gasteiger partial charge in [0.05, 0.1) is 0 Å². The fourth-order valence-electron chi connectivity index (χ4n) is 2.84. The number of hydrogen-bond acceptors (Lipinski definition) is 3. The summed E-state index contributed by atoms with van der Waals surface area (Å²) in [6.07, 6.45) is 0. The third kappa shape index (κ3) is 4.60. The summed E-state index contributed by atoms with van der Waals surface area (Å²) in [6.45, 7) is 12.2. The van der Waals surface area contributed by atoms with E-state index >= 15 is 0 Å². The smallest absolute Gasteiger partial charge is 0.339 e. The summed E-state index contributed by atoms with van der Waals surface area (Å²) in [4.78, 5) is 0.293. The Kier molecular flexibility index (Phi) is 6.41. The lowest BCUT2D eigenvalue weighted by Crippen LogP contribution is -2.17. The Labute approximate surface area is 162 Å². The van der Waals surface area contributed by atoms with Crippen molar-refractivity contribution in [2.45, 2.75) is 64.2 Å². The predicted molar refractivity (Wildman–Crippen MR) is 108 cm³/mol. The van der Waals surface area contributed by atoms with Crippen LogP contribution in [0.1, 0.15) is 76.0 Å². The van der Waals surface area contributed by atoms with Crippen LogP contribution < -0.4 is 4.18 Å². The zero-order chi connectivity index (χ0) is 19.6. The van der Waals surface area contributed by atoms with Gasteiger partial charge in [-0.3, -0.25) is 0 Å². The largest absolute Gasteiger partial charge is 0.379 e. The van der Waals surface area contributed by atoms with Crippen LogP contribution in [0, 0.1) is 0 Å². The van der Waals surface area contributed by atoms with Crippen LogP contribution in [-0.4, -0.2) is 8.42 Å². The summed E-state index contributed by atoms with van der Waals surface area (Å²) in [5.74, 6) is 0.695. The summed E-state index contributed by atoms with van der Waals surface area (Å²) in [6, 6.07) is 10.3. The molecular weight excluding hydrogens is 368 g/mol. The first-order valence-corrected chi connectivity index (χ1v) is 10.7. The average molecular weight is 395 g/mol. The van der Waals surface area contributed by atoms with E-state index in [1.54, 1.807) is 24.3 Å². The van der Waals surface area contributed by atoms with Crippen molar-refractivity contribution in [3.8, 4) is 5.75 Å². The molecule has 0 aliphatic carbocycles. The van der Waals surface area contributed by atoms with Crippen LogP contribution in [-0.2, 0) is 10.1 Å². The topological polar surface area (TPSA) is 43.4 Å². The van der Waals surface area contributed by atoms with Gasteiger partial charge in [0.15, 0.2) is 0 Å². The zero-order valence-corrected chi connectivity index (χ0v) is 17.8. The van der Waals surface area contributed by atoms with Gasteiger partial charge in [-0.25, -0.2) is 0 Å². The second-order valence-corrected chi connectivity index (χ2v) is 9.40. The minimum Gasteiger partial charge on any atom is -0.379 e. The maximum Gasteiger partial charge on any atom is 0.339 e. The first kappa shape index (κ1) is 20.8. The van der Waals surface area contributed by atoms with E-state index in [1.807, 2.05) is 39.8 Å². The molecule has 0 unspecified atom stereocenters.